The number of thioether (sulfide) groups is 2. The number of imide groups is 1. The van der Waals surface area contributed by atoms with Crippen LogP contribution >= 0.6 is 23.5 Å². The van der Waals surface area contributed by atoms with Crippen LogP contribution in [0.3, 0.4) is 0 Å². The number of carbonyl (C=O) groups excluding carboxylic acids is 3. The Balaban J connectivity index is 1.44. The molecule has 2 aromatic rings. The van der Waals surface area contributed by atoms with Crippen LogP contribution in [0.1, 0.15) is 0 Å². The number of nitrogens with zero attached hydrogens (tertiary/aromatic N) is 3. The molecule has 136 valence electrons. The van der Waals surface area contributed by atoms with Gasteiger partial charge in [-0.25, -0.2) is 9.37 Å². The summed E-state index contributed by atoms with van der Waals surface area (Å²) in [7, 11) is 0. The molecule has 0 radical (unpaired) electrons. The number of carbonyl (C=O) groups is 3. The van der Waals surface area contributed by atoms with E-state index >= 15 is 0 Å². The summed E-state index contributed by atoms with van der Waals surface area (Å²) in [6.07, 6.45) is 0. The van der Waals surface area contributed by atoms with Crippen molar-refractivity contribution in [2.24, 2.45) is 0 Å². The quantitative estimate of drug-likeness (QED) is 0.684. The van der Waals surface area contributed by atoms with Crippen LogP contribution in [0.5, 0.6) is 0 Å². The SMILES string of the molecule is O=C(CSc1n[nH]c(-c2ccccc2F)n1)NCCN1C(=O)CSC1=O. The van der Waals surface area contributed by atoms with Gasteiger partial charge in [0.25, 0.3) is 5.24 Å². The predicted octanol–water partition coefficient (Wildman–Crippen LogP) is 1.51. The highest BCUT2D eigenvalue weighted by atomic mass is 32.2. The number of aromatic amines is 1. The topological polar surface area (TPSA) is 108 Å². The van der Waals surface area contributed by atoms with E-state index in [2.05, 4.69) is 20.5 Å². The first kappa shape index (κ1) is 18.4. The largest absolute Gasteiger partial charge is 0.354 e. The van der Waals surface area contributed by atoms with Gasteiger partial charge >= 0.3 is 0 Å². The Bertz CT molecular complexity index is 828. The molecule has 0 atom stereocenters. The molecular weight excluding hydrogens is 381 g/mol. The van der Waals surface area contributed by atoms with Crippen molar-refractivity contribution in [2.75, 3.05) is 24.6 Å². The van der Waals surface area contributed by atoms with E-state index in [1.54, 1.807) is 18.2 Å². The maximum Gasteiger partial charge on any atom is 0.288 e. The molecule has 1 aliphatic heterocycles. The van der Waals surface area contributed by atoms with Crippen LogP contribution in [-0.4, -0.2) is 61.7 Å². The normalized spacial score (nSPS) is 14.1. The van der Waals surface area contributed by atoms with Crippen molar-refractivity contribution in [1.29, 1.82) is 0 Å². The molecule has 0 spiro atoms. The number of hydrogen-bond donors (Lipinski definition) is 2. The first-order valence-corrected chi connectivity index (χ1v) is 9.55. The van der Waals surface area contributed by atoms with E-state index in [4.69, 9.17) is 0 Å². The number of nitrogens with one attached hydrogen (secondary N) is 2. The average molecular weight is 395 g/mol. The highest BCUT2D eigenvalue weighted by Crippen LogP contribution is 2.21. The lowest BCUT2D eigenvalue weighted by Gasteiger charge is -2.12. The van der Waals surface area contributed by atoms with E-state index in [0.29, 0.717) is 10.7 Å². The van der Waals surface area contributed by atoms with Gasteiger partial charge in [-0.2, -0.15) is 0 Å². The first-order chi connectivity index (χ1) is 12.5. The Hall–Kier alpha value is -2.40. The number of aromatic nitrogens is 3. The fourth-order valence-electron chi connectivity index (χ4n) is 2.17. The number of hydrogen-bond acceptors (Lipinski definition) is 7. The molecule has 1 saturated heterocycles. The molecule has 1 fully saturated rings. The second kappa shape index (κ2) is 8.32. The minimum Gasteiger partial charge on any atom is -0.354 e. The summed E-state index contributed by atoms with van der Waals surface area (Å²) in [5.74, 6) is -0.441. The fourth-order valence-corrected chi connectivity index (χ4v) is 3.55. The van der Waals surface area contributed by atoms with Crippen molar-refractivity contribution in [2.45, 2.75) is 5.16 Å². The van der Waals surface area contributed by atoms with Crippen LogP contribution in [0.2, 0.25) is 0 Å². The molecule has 3 amide bonds. The number of rotatable bonds is 7. The van der Waals surface area contributed by atoms with Gasteiger partial charge in [0.1, 0.15) is 5.82 Å². The molecule has 0 aliphatic carbocycles. The summed E-state index contributed by atoms with van der Waals surface area (Å²) in [6, 6.07) is 6.18. The third kappa shape index (κ3) is 4.41. The number of amides is 3. The van der Waals surface area contributed by atoms with Crippen LogP contribution in [0.4, 0.5) is 9.18 Å². The predicted molar refractivity (Wildman–Crippen MR) is 95.1 cm³/mol. The van der Waals surface area contributed by atoms with Gasteiger partial charge in [0.2, 0.25) is 17.0 Å². The van der Waals surface area contributed by atoms with Gasteiger partial charge < -0.3 is 5.32 Å². The maximum absolute atomic E-state index is 13.7. The van der Waals surface area contributed by atoms with Gasteiger partial charge in [-0.3, -0.25) is 24.4 Å². The lowest BCUT2D eigenvalue weighted by Crippen LogP contribution is -2.38. The zero-order chi connectivity index (χ0) is 18.5. The Morgan fingerprint density at radius 2 is 2.19 bits per heavy atom. The van der Waals surface area contributed by atoms with Gasteiger partial charge in [-0.15, -0.1) is 5.10 Å². The van der Waals surface area contributed by atoms with Crippen molar-refractivity contribution < 1.29 is 18.8 Å². The molecule has 11 heteroatoms. The second-order valence-electron chi connectivity index (χ2n) is 5.19. The maximum atomic E-state index is 13.7. The standard InChI is InChI=1S/C15H14FN5O3S2/c16-10-4-2-1-3-9(10)13-18-14(20-19-13)25-7-11(22)17-5-6-21-12(23)8-26-15(21)24/h1-4H,5-8H2,(H,17,22)(H,18,19,20). The third-order valence-corrected chi connectivity index (χ3v) is 5.13. The molecule has 0 saturated carbocycles. The highest BCUT2D eigenvalue weighted by molar-refractivity contribution is 8.14. The summed E-state index contributed by atoms with van der Waals surface area (Å²) < 4.78 is 13.7. The Labute approximate surface area is 156 Å². The van der Waals surface area contributed by atoms with E-state index in [9.17, 15) is 18.8 Å². The van der Waals surface area contributed by atoms with E-state index in [1.165, 1.54) is 6.07 Å². The van der Waals surface area contributed by atoms with Gasteiger partial charge in [0.05, 0.1) is 17.1 Å². The number of halogens is 1. The van der Waals surface area contributed by atoms with Gasteiger partial charge in [0.15, 0.2) is 5.82 Å². The molecule has 2 N–H and O–H groups in total. The molecule has 1 aliphatic rings. The summed E-state index contributed by atoms with van der Waals surface area (Å²) in [5.41, 5.74) is 0.300. The minimum atomic E-state index is -0.415. The molecule has 0 unspecified atom stereocenters. The Morgan fingerprint density at radius 3 is 2.92 bits per heavy atom. The van der Waals surface area contributed by atoms with E-state index in [-0.39, 0.29) is 47.5 Å². The Morgan fingerprint density at radius 1 is 1.38 bits per heavy atom. The lowest BCUT2D eigenvalue weighted by molar-refractivity contribution is -0.125. The summed E-state index contributed by atoms with van der Waals surface area (Å²) in [4.78, 5) is 40.0. The van der Waals surface area contributed by atoms with Crippen molar-refractivity contribution in [3.8, 4) is 11.4 Å². The number of benzene rings is 1. The Kier molecular flexibility index (Phi) is 5.89. The van der Waals surface area contributed by atoms with E-state index in [0.717, 1.165) is 28.4 Å². The molecular formula is C15H14FN5O3S2. The smallest absolute Gasteiger partial charge is 0.288 e. The van der Waals surface area contributed by atoms with Crippen molar-refractivity contribution >= 4 is 40.6 Å². The van der Waals surface area contributed by atoms with Crippen molar-refractivity contribution in [3.05, 3.63) is 30.1 Å². The van der Waals surface area contributed by atoms with E-state index < -0.39 is 5.82 Å². The monoisotopic (exact) mass is 395 g/mol. The summed E-state index contributed by atoms with van der Waals surface area (Å²) in [6.45, 7) is 0.338. The minimum absolute atomic E-state index is 0.0607. The molecule has 1 aromatic carbocycles. The first-order valence-electron chi connectivity index (χ1n) is 7.58. The zero-order valence-corrected chi connectivity index (χ0v) is 15.0. The van der Waals surface area contributed by atoms with Crippen molar-refractivity contribution in [3.63, 3.8) is 0 Å². The molecule has 8 nitrogen and oxygen atoms in total. The van der Waals surface area contributed by atoms with Crippen molar-refractivity contribution in [1.82, 2.24) is 25.4 Å². The van der Waals surface area contributed by atoms with Gasteiger partial charge in [-0.05, 0) is 12.1 Å². The molecule has 1 aromatic heterocycles. The lowest BCUT2D eigenvalue weighted by atomic mass is 10.2. The van der Waals surface area contributed by atoms with Crippen LogP contribution in [0, 0.1) is 5.82 Å². The summed E-state index contributed by atoms with van der Waals surface area (Å²) in [5, 5.41) is 9.24. The third-order valence-electron chi connectivity index (χ3n) is 3.42. The fraction of sp³-hybridized carbons (Fsp3) is 0.267. The molecule has 26 heavy (non-hydrogen) atoms. The van der Waals surface area contributed by atoms with Crippen LogP contribution in [0.15, 0.2) is 29.4 Å². The van der Waals surface area contributed by atoms with Crippen LogP contribution in [0.25, 0.3) is 11.4 Å². The van der Waals surface area contributed by atoms with Gasteiger partial charge in [0, 0.05) is 13.1 Å². The number of H-pyrrole nitrogens is 1. The van der Waals surface area contributed by atoms with Crippen LogP contribution in [-0.2, 0) is 9.59 Å². The van der Waals surface area contributed by atoms with Gasteiger partial charge in [-0.1, -0.05) is 35.7 Å². The molecule has 2 heterocycles. The highest BCUT2D eigenvalue weighted by Gasteiger charge is 2.29. The van der Waals surface area contributed by atoms with Crippen LogP contribution < -0.4 is 5.32 Å². The molecule has 3 rings (SSSR count). The van der Waals surface area contributed by atoms with E-state index in [1.807, 2.05) is 0 Å². The summed E-state index contributed by atoms with van der Waals surface area (Å²) >= 11 is 2.05. The average Bonchev–Trinajstić information content (AvgIpc) is 3.22. The second-order valence-corrected chi connectivity index (χ2v) is 7.05. The zero-order valence-electron chi connectivity index (χ0n) is 13.4. The molecule has 0 bridgehead atoms.